The van der Waals surface area contributed by atoms with Crippen molar-refractivity contribution in [3.05, 3.63) is 22.9 Å². The van der Waals surface area contributed by atoms with Gasteiger partial charge in [-0.1, -0.05) is 0 Å². The van der Waals surface area contributed by atoms with Gasteiger partial charge in [-0.3, -0.25) is 4.98 Å². The molecule has 1 aliphatic heterocycles. The largest absolute Gasteiger partial charge is 0.396 e. The van der Waals surface area contributed by atoms with Crippen LogP contribution in [0.4, 0.5) is 5.69 Å². The van der Waals surface area contributed by atoms with Crippen LogP contribution in [0.25, 0.3) is 0 Å². The lowest BCUT2D eigenvalue weighted by Gasteiger charge is -2.33. The number of aromatic nitrogens is 1. The molecule has 1 saturated heterocycles. The van der Waals surface area contributed by atoms with Crippen molar-refractivity contribution in [1.82, 2.24) is 4.98 Å². The lowest BCUT2D eigenvalue weighted by molar-refractivity contribution is 0.203. The first-order valence-corrected chi connectivity index (χ1v) is 6.06. The summed E-state index contributed by atoms with van der Waals surface area (Å²) in [5.74, 6) is 0.488. The van der Waals surface area contributed by atoms with E-state index in [4.69, 9.17) is 5.11 Å². The zero-order valence-electron chi connectivity index (χ0n) is 8.56. The molecule has 3 nitrogen and oxygen atoms in total. The summed E-state index contributed by atoms with van der Waals surface area (Å²) in [5, 5.41) is 9.06. The molecule has 82 valence electrons. The molecule has 0 spiro atoms. The lowest BCUT2D eigenvalue weighted by atomic mass is 9.97. The highest BCUT2D eigenvalue weighted by molar-refractivity contribution is 9.10. The Kier molecular flexibility index (Phi) is 3.59. The number of hydrogen-bond donors (Lipinski definition) is 1. The van der Waals surface area contributed by atoms with Gasteiger partial charge in [-0.2, -0.15) is 0 Å². The molecular weight excluding hydrogens is 256 g/mol. The summed E-state index contributed by atoms with van der Waals surface area (Å²) in [6.07, 6.45) is 5.79. The van der Waals surface area contributed by atoms with Crippen molar-refractivity contribution in [2.24, 2.45) is 5.92 Å². The van der Waals surface area contributed by atoms with Gasteiger partial charge in [-0.25, -0.2) is 0 Å². The Labute approximate surface area is 98.3 Å². The molecule has 0 aromatic carbocycles. The molecular formula is C11H15BrN2O. The first-order chi connectivity index (χ1) is 7.31. The van der Waals surface area contributed by atoms with E-state index >= 15 is 0 Å². The quantitative estimate of drug-likeness (QED) is 0.894. The van der Waals surface area contributed by atoms with Crippen LogP contribution in [0.15, 0.2) is 22.9 Å². The Bertz CT molecular complexity index is 324. The van der Waals surface area contributed by atoms with Crippen LogP contribution in [-0.4, -0.2) is 29.8 Å². The summed E-state index contributed by atoms with van der Waals surface area (Å²) in [7, 11) is 0. The maximum absolute atomic E-state index is 9.06. The van der Waals surface area contributed by atoms with Crippen LogP contribution in [0.5, 0.6) is 0 Å². The number of halogens is 1. The SMILES string of the molecule is OCC1CCN(c2ccncc2Br)CC1. The molecule has 2 rings (SSSR count). The summed E-state index contributed by atoms with van der Waals surface area (Å²) in [4.78, 5) is 6.40. The Hall–Kier alpha value is -0.610. The second kappa shape index (κ2) is 4.94. The summed E-state index contributed by atoms with van der Waals surface area (Å²) >= 11 is 3.51. The summed E-state index contributed by atoms with van der Waals surface area (Å²) in [6.45, 7) is 2.37. The van der Waals surface area contributed by atoms with Crippen LogP contribution in [0, 0.1) is 5.92 Å². The topological polar surface area (TPSA) is 36.4 Å². The third kappa shape index (κ3) is 2.49. The molecule has 0 bridgehead atoms. The Morgan fingerprint density at radius 3 is 2.80 bits per heavy atom. The van der Waals surface area contributed by atoms with Gasteiger partial charge in [0.1, 0.15) is 0 Å². The number of nitrogens with zero attached hydrogens (tertiary/aromatic N) is 2. The maximum atomic E-state index is 9.06. The fourth-order valence-electron chi connectivity index (χ4n) is 1.98. The van der Waals surface area contributed by atoms with Gasteiger partial charge in [0.2, 0.25) is 0 Å². The van der Waals surface area contributed by atoms with Crippen molar-refractivity contribution in [2.75, 3.05) is 24.6 Å². The minimum absolute atomic E-state index is 0.325. The zero-order chi connectivity index (χ0) is 10.7. The number of rotatable bonds is 2. The Balaban J connectivity index is 2.04. The number of piperidine rings is 1. The molecule has 1 N–H and O–H groups in total. The van der Waals surface area contributed by atoms with Crippen molar-refractivity contribution in [2.45, 2.75) is 12.8 Å². The maximum Gasteiger partial charge on any atom is 0.0592 e. The Morgan fingerprint density at radius 1 is 1.47 bits per heavy atom. The predicted octanol–water partition coefficient (Wildman–Crippen LogP) is 2.05. The van der Waals surface area contributed by atoms with Crippen molar-refractivity contribution in [3.8, 4) is 0 Å². The summed E-state index contributed by atoms with van der Waals surface area (Å²) < 4.78 is 1.05. The fraction of sp³-hybridized carbons (Fsp3) is 0.545. The highest BCUT2D eigenvalue weighted by Gasteiger charge is 2.19. The highest BCUT2D eigenvalue weighted by atomic mass is 79.9. The van der Waals surface area contributed by atoms with Gasteiger partial charge >= 0.3 is 0 Å². The number of aliphatic hydroxyl groups is 1. The van der Waals surface area contributed by atoms with Crippen molar-refractivity contribution in [3.63, 3.8) is 0 Å². The monoisotopic (exact) mass is 270 g/mol. The number of hydrogen-bond acceptors (Lipinski definition) is 3. The Morgan fingerprint density at radius 2 is 2.20 bits per heavy atom. The van der Waals surface area contributed by atoms with Gasteiger partial charge in [0.25, 0.3) is 0 Å². The van der Waals surface area contributed by atoms with Crippen molar-refractivity contribution in [1.29, 1.82) is 0 Å². The molecule has 2 heterocycles. The van der Waals surface area contributed by atoms with Crippen LogP contribution in [0.2, 0.25) is 0 Å². The molecule has 0 saturated carbocycles. The van der Waals surface area contributed by atoms with Crippen LogP contribution < -0.4 is 4.90 Å². The summed E-state index contributed by atoms with van der Waals surface area (Å²) in [6, 6.07) is 2.03. The molecule has 1 aliphatic rings. The van der Waals surface area contributed by atoms with E-state index < -0.39 is 0 Å². The molecule has 0 amide bonds. The second-order valence-electron chi connectivity index (χ2n) is 3.94. The molecule has 0 unspecified atom stereocenters. The molecule has 0 radical (unpaired) electrons. The van der Waals surface area contributed by atoms with Gasteiger partial charge in [0, 0.05) is 32.1 Å². The molecule has 15 heavy (non-hydrogen) atoms. The van der Waals surface area contributed by atoms with E-state index in [0.717, 1.165) is 30.4 Å². The van der Waals surface area contributed by atoms with Crippen molar-refractivity contribution >= 4 is 21.6 Å². The minimum Gasteiger partial charge on any atom is -0.396 e. The number of aliphatic hydroxyl groups excluding tert-OH is 1. The zero-order valence-corrected chi connectivity index (χ0v) is 10.2. The van der Waals surface area contributed by atoms with Crippen LogP contribution in [0.1, 0.15) is 12.8 Å². The van der Waals surface area contributed by atoms with Gasteiger partial charge < -0.3 is 10.0 Å². The van der Waals surface area contributed by atoms with Gasteiger partial charge in [-0.05, 0) is 40.8 Å². The minimum atomic E-state index is 0.325. The van der Waals surface area contributed by atoms with E-state index in [1.807, 2.05) is 18.5 Å². The molecule has 1 aromatic rings. The number of pyridine rings is 1. The standard InChI is InChI=1S/C11H15BrN2O/c12-10-7-13-4-1-11(10)14-5-2-9(8-15)3-6-14/h1,4,7,9,15H,2-3,5-6,8H2. The summed E-state index contributed by atoms with van der Waals surface area (Å²) in [5.41, 5.74) is 1.21. The molecule has 1 aromatic heterocycles. The van der Waals surface area contributed by atoms with Crippen molar-refractivity contribution < 1.29 is 5.11 Å². The van der Waals surface area contributed by atoms with E-state index in [1.165, 1.54) is 5.69 Å². The van der Waals surface area contributed by atoms with Gasteiger partial charge in [0.15, 0.2) is 0 Å². The normalized spacial score (nSPS) is 18.1. The third-order valence-corrected chi connectivity index (χ3v) is 3.58. The smallest absolute Gasteiger partial charge is 0.0592 e. The van der Waals surface area contributed by atoms with Gasteiger partial charge in [0.05, 0.1) is 10.2 Å². The van der Waals surface area contributed by atoms with E-state index in [-0.39, 0.29) is 0 Å². The highest BCUT2D eigenvalue weighted by Crippen LogP contribution is 2.28. The van der Waals surface area contributed by atoms with E-state index in [1.54, 1.807) is 0 Å². The van der Waals surface area contributed by atoms with Gasteiger partial charge in [-0.15, -0.1) is 0 Å². The molecule has 0 aliphatic carbocycles. The second-order valence-corrected chi connectivity index (χ2v) is 4.79. The number of anilines is 1. The first-order valence-electron chi connectivity index (χ1n) is 5.26. The average molecular weight is 271 g/mol. The molecule has 4 heteroatoms. The fourth-order valence-corrected chi connectivity index (χ4v) is 2.48. The van der Waals surface area contributed by atoms with Crippen LogP contribution in [-0.2, 0) is 0 Å². The van der Waals surface area contributed by atoms with Crippen LogP contribution >= 0.6 is 15.9 Å². The predicted molar refractivity (Wildman–Crippen MR) is 64.0 cm³/mol. The van der Waals surface area contributed by atoms with E-state index in [0.29, 0.717) is 12.5 Å². The van der Waals surface area contributed by atoms with E-state index in [9.17, 15) is 0 Å². The molecule has 0 atom stereocenters. The lowest BCUT2D eigenvalue weighted by Crippen LogP contribution is -2.34. The average Bonchev–Trinajstić information content (AvgIpc) is 2.30. The van der Waals surface area contributed by atoms with E-state index in [2.05, 4.69) is 25.8 Å². The third-order valence-electron chi connectivity index (χ3n) is 2.96. The van der Waals surface area contributed by atoms with Crippen LogP contribution in [0.3, 0.4) is 0 Å². The first kappa shape index (κ1) is 10.9. The molecule has 1 fully saturated rings.